The van der Waals surface area contributed by atoms with Gasteiger partial charge in [-0.25, -0.2) is 13.8 Å². The van der Waals surface area contributed by atoms with Gasteiger partial charge in [-0.3, -0.25) is 14.9 Å². The van der Waals surface area contributed by atoms with E-state index in [1.165, 1.54) is 42.7 Å². The number of carbonyl (C=O) groups is 2. The van der Waals surface area contributed by atoms with E-state index < -0.39 is 51.8 Å². The third-order valence-electron chi connectivity index (χ3n) is 4.78. The highest BCUT2D eigenvalue weighted by Gasteiger charge is 2.27. The maximum atomic E-state index is 14.3. The van der Waals surface area contributed by atoms with Crippen LogP contribution in [0.15, 0.2) is 65.8 Å². The lowest BCUT2D eigenvalue weighted by molar-refractivity contribution is -0.136. The molecule has 2 N–H and O–H groups in total. The summed E-state index contributed by atoms with van der Waals surface area (Å²) in [5, 5.41) is 15.1. The molecule has 1 unspecified atom stereocenters. The van der Waals surface area contributed by atoms with Crippen LogP contribution >= 0.6 is 22.9 Å². The van der Waals surface area contributed by atoms with Crippen molar-refractivity contribution in [2.45, 2.75) is 17.4 Å². The van der Waals surface area contributed by atoms with Crippen LogP contribution in [0.4, 0.5) is 13.9 Å². The van der Waals surface area contributed by atoms with Gasteiger partial charge in [0.05, 0.1) is 23.2 Å². The highest BCUT2D eigenvalue weighted by molar-refractivity contribution is 7.89. The number of nitrogens with one attached hydrogen (secondary N) is 1. The second-order valence-electron chi connectivity index (χ2n) is 7.32. The Morgan fingerprint density at radius 3 is 2.54 bits per heavy atom. The van der Waals surface area contributed by atoms with Crippen LogP contribution in [-0.4, -0.2) is 39.6 Å². The van der Waals surface area contributed by atoms with E-state index in [2.05, 4.69) is 15.4 Å². The third kappa shape index (κ3) is 5.93. The van der Waals surface area contributed by atoms with Gasteiger partial charge in [0.25, 0.3) is 15.9 Å². The van der Waals surface area contributed by atoms with Gasteiger partial charge >= 0.3 is 5.97 Å². The monoisotopic (exact) mass is 568 g/mol. The number of thiazole rings is 1. The van der Waals surface area contributed by atoms with E-state index in [1.807, 2.05) is 0 Å². The van der Waals surface area contributed by atoms with Crippen molar-refractivity contribution in [3.63, 3.8) is 0 Å². The Hall–Kier alpha value is -3.88. The van der Waals surface area contributed by atoms with E-state index in [4.69, 9.17) is 21.4 Å². The van der Waals surface area contributed by atoms with E-state index in [0.717, 1.165) is 27.6 Å². The zero-order chi connectivity index (χ0) is 26.7. The van der Waals surface area contributed by atoms with Crippen LogP contribution in [-0.2, 0) is 26.0 Å². The predicted octanol–water partition coefficient (Wildman–Crippen LogP) is 3.89. The number of ether oxygens (including phenoxy) is 1. The Balaban J connectivity index is 1.66. The van der Waals surface area contributed by atoms with Crippen LogP contribution in [0, 0.1) is 11.6 Å². The summed E-state index contributed by atoms with van der Waals surface area (Å²) in [7, 11) is -4.00. The first-order chi connectivity index (χ1) is 17.5. The van der Waals surface area contributed by atoms with E-state index >= 15 is 0 Å². The lowest BCUT2D eigenvalue weighted by Gasteiger charge is -2.19. The molecule has 2 heterocycles. The first-order valence-electron chi connectivity index (χ1n) is 10.2. The number of anilines is 1. The molecule has 192 valence electrons. The first kappa shape index (κ1) is 26.2. The molecule has 37 heavy (non-hydrogen) atoms. The number of halogens is 3. The average molecular weight is 569 g/mol. The molecule has 0 saturated heterocycles. The van der Waals surface area contributed by atoms with Gasteiger partial charge < -0.3 is 9.84 Å². The summed E-state index contributed by atoms with van der Waals surface area (Å²) in [6, 6.07) is 8.93. The topological polar surface area (TPSA) is 140 Å². The van der Waals surface area contributed by atoms with Gasteiger partial charge in [-0.2, -0.15) is 17.6 Å². The molecule has 2 aromatic heterocycles. The van der Waals surface area contributed by atoms with Gasteiger partial charge in [0.1, 0.15) is 10.2 Å². The molecular formula is C22H15ClF2N4O6S2. The van der Waals surface area contributed by atoms with E-state index in [9.17, 15) is 26.8 Å². The molecule has 4 aromatic rings. The van der Waals surface area contributed by atoms with E-state index in [1.54, 1.807) is 0 Å². The second kappa shape index (κ2) is 10.6. The Morgan fingerprint density at radius 1 is 1.19 bits per heavy atom. The minimum atomic E-state index is -4.00. The third-order valence-corrected chi connectivity index (χ3v) is 7.61. The number of hydrogen-bond acceptors (Lipinski definition) is 8. The number of carboxylic acid groups (broad SMARTS) is 1. The van der Waals surface area contributed by atoms with Crippen LogP contribution in [0.5, 0.6) is 5.75 Å². The predicted molar refractivity (Wildman–Crippen MR) is 128 cm³/mol. The van der Waals surface area contributed by atoms with Crippen molar-refractivity contribution in [1.82, 2.24) is 14.2 Å². The summed E-state index contributed by atoms with van der Waals surface area (Å²) in [6.45, 7) is 0. The number of hydrogen-bond donors (Lipinski definition) is 2. The molecular weight excluding hydrogens is 554 g/mol. The molecule has 0 bridgehead atoms. The fourth-order valence-corrected chi connectivity index (χ4v) is 5.25. The van der Waals surface area contributed by atoms with Gasteiger partial charge in [-0.05, 0) is 30.3 Å². The number of carbonyl (C=O) groups excluding carboxylic acids is 1. The van der Waals surface area contributed by atoms with Crippen molar-refractivity contribution in [2.24, 2.45) is 0 Å². The van der Waals surface area contributed by atoms with Crippen molar-refractivity contribution in [3.8, 4) is 5.75 Å². The summed E-state index contributed by atoms with van der Waals surface area (Å²) >= 11 is 6.80. The maximum absolute atomic E-state index is 14.3. The largest absolute Gasteiger partial charge is 0.481 e. The van der Waals surface area contributed by atoms with Crippen LogP contribution in [0.25, 0.3) is 0 Å². The normalized spacial score (nSPS) is 12.2. The maximum Gasteiger partial charge on any atom is 0.309 e. The molecule has 0 fully saturated rings. The number of benzene rings is 2. The number of nitrogens with zero attached hydrogens (tertiary/aromatic N) is 3. The summed E-state index contributed by atoms with van der Waals surface area (Å²) in [6.07, 6.45) is 0.520. The smallest absolute Gasteiger partial charge is 0.309 e. The fourth-order valence-electron chi connectivity index (χ4n) is 3.10. The minimum Gasteiger partial charge on any atom is -0.481 e. The van der Waals surface area contributed by atoms with Gasteiger partial charge in [-0.15, -0.1) is 0 Å². The molecule has 4 rings (SSSR count). The molecule has 0 radical (unpaired) electrons. The van der Waals surface area contributed by atoms with E-state index in [-0.39, 0.29) is 25.6 Å². The van der Waals surface area contributed by atoms with Crippen LogP contribution < -0.4 is 10.1 Å². The molecule has 0 spiro atoms. The molecule has 0 saturated carbocycles. The number of aromatic nitrogens is 3. The Bertz CT molecular complexity index is 1560. The van der Waals surface area contributed by atoms with Crippen molar-refractivity contribution < 1.29 is 36.6 Å². The van der Waals surface area contributed by atoms with Crippen LogP contribution in [0.1, 0.15) is 17.4 Å². The van der Waals surface area contributed by atoms with Crippen molar-refractivity contribution >= 4 is 50.0 Å². The lowest BCUT2D eigenvalue weighted by atomic mass is 10.1. The average Bonchev–Trinajstić information content (AvgIpc) is 3.49. The van der Waals surface area contributed by atoms with Gasteiger partial charge in [-0.1, -0.05) is 35.1 Å². The van der Waals surface area contributed by atoms with Crippen molar-refractivity contribution in [1.29, 1.82) is 0 Å². The fraction of sp³-hybridized carbons (Fsp3) is 0.0909. The number of carboxylic acids is 1. The van der Waals surface area contributed by atoms with Gasteiger partial charge in [0.15, 0.2) is 16.7 Å². The van der Waals surface area contributed by atoms with Crippen molar-refractivity contribution in [3.05, 3.63) is 88.2 Å². The highest BCUT2D eigenvalue weighted by atomic mass is 35.5. The minimum absolute atomic E-state index is 0.0321. The molecule has 15 heteroatoms. The number of rotatable bonds is 9. The zero-order valence-corrected chi connectivity index (χ0v) is 20.7. The Labute approximate surface area is 217 Å². The summed E-state index contributed by atoms with van der Waals surface area (Å²) in [4.78, 5) is 28.0. The van der Waals surface area contributed by atoms with Gasteiger partial charge in [0.2, 0.25) is 6.10 Å². The molecule has 2 aromatic carbocycles. The standard InChI is InChI=1S/C22H15ClF2N4O6S2/c23-20-16(11-18(30)31)27-22(36-20)28-21(32)19(35-17-7-4-13(24)10-15(17)25)12-2-5-14(6-3-12)37(33,34)29-9-1-8-26-29/h1-10,19H,11H2,(H,30,31)(H,27,28,32). The second-order valence-corrected chi connectivity index (χ2v) is 10.7. The molecule has 0 aliphatic rings. The van der Waals surface area contributed by atoms with Crippen LogP contribution in [0.2, 0.25) is 4.34 Å². The molecule has 0 aliphatic heterocycles. The Kier molecular flexibility index (Phi) is 7.52. The number of amides is 1. The first-order valence-corrected chi connectivity index (χ1v) is 12.8. The quantitative estimate of drug-likeness (QED) is 0.310. The van der Waals surface area contributed by atoms with E-state index in [0.29, 0.717) is 6.07 Å². The summed E-state index contributed by atoms with van der Waals surface area (Å²) in [5.41, 5.74) is 0.152. The lowest BCUT2D eigenvalue weighted by Crippen LogP contribution is -2.26. The van der Waals surface area contributed by atoms with Crippen molar-refractivity contribution in [2.75, 3.05) is 5.32 Å². The zero-order valence-electron chi connectivity index (χ0n) is 18.3. The SMILES string of the molecule is O=C(O)Cc1nc(NC(=O)C(Oc2ccc(F)cc2F)c2ccc(S(=O)(=O)n3cccn3)cc2)sc1Cl. The summed E-state index contributed by atoms with van der Waals surface area (Å²) in [5.74, 6) is -4.42. The van der Waals surface area contributed by atoms with Crippen LogP contribution in [0.3, 0.4) is 0 Å². The highest BCUT2D eigenvalue weighted by Crippen LogP contribution is 2.31. The number of aliphatic carboxylic acids is 1. The molecule has 1 amide bonds. The molecule has 10 nitrogen and oxygen atoms in total. The molecule has 0 aliphatic carbocycles. The molecule has 1 atom stereocenters. The Morgan fingerprint density at radius 2 is 1.92 bits per heavy atom. The summed E-state index contributed by atoms with van der Waals surface area (Å²) < 4.78 is 59.4. The van der Waals surface area contributed by atoms with Gasteiger partial charge in [0, 0.05) is 17.8 Å².